The van der Waals surface area contributed by atoms with E-state index in [2.05, 4.69) is 15.3 Å². The zero-order valence-electron chi connectivity index (χ0n) is 10.9. The summed E-state index contributed by atoms with van der Waals surface area (Å²) in [5.41, 5.74) is 1.85. The molecule has 2 aromatic rings. The molecule has 0 spiro atoms. The molecule has 0 unspecified atom stereocenters. The van der Waals surface area contributed by atoms with Gasteiger partial charge < -0.3 is 14.8 Å². The molecule has 1 aliphatic rings. The van der Waals surface area contributed by atoms with Crippen LogP contribution in [-0.2, 0) is 0 Å². The number of nitrogens with one attached hydrogen (secondary N) is 1. The van der Waals surface area contributed by atoms with Crippen LogP contribution < -0.4 is 14.8 Å². The molecule has 0 fully saturated rings. The van der Waals surface area contributed by atoms with Crippen LogP contribution in [0.2, 0.25) is 0 Å². The molecule has 0 aliphatic carbocycles. The Kier molecular flexibility index (Phi) is 2.95. The lowest BCUT2D eigenvalue weighted by Crippen LogP contribution is -2.02. The van der Waals surface area contributed by atoms with E-state index in [9.17, 15) is 0 Å². The first-order valence-corrected chi connectivity index (χ1v) is 6.26. The zero-order chi connectivity index (χ0) is 13.2. The molecular formula is C14H15N3O2. The maximum atomic E-state index is 5.38. The minimum atomic E-state index is 0.274. The molecule has 5 heteroatoms. The second kappa shape index (κ2) is 4.76. The Morgan fingerprint density at radius 2 is 2.00 bits per heavy atom. The van der Waals surface area contributed by atoms with Crippen LogP contribution in [0, 0.1) is 6.92 Å². The number of aryl methyl sites for hydroxylation is 1. The Morgan fingerprint density at radius 3 is 2.84 bits per heavy atom. The molecule has 0 bridgehead atoms. The van der Waals surface area contributed by atoms with Gasteiger partial charge in [-0.15, -0.1) is 0 Å². The maximum Gasteiger partial charge on any atom is 0.231 e. The van der Waals surface area contributed by atoms with E-state index in [0.29, 0.717) is 5.82 Å². The van der Waals surface area contributed by atoms with Gasteiger partial charge in [-0.1, -0.05) is 0 Å². The first kappa shape index (κ1) is 11.8. The normalized spacial score (nSPS) is 12.5. The lowest BCUT2D eigenvalue weighted by atomic mass is 10.2. The van der Waals surface area contributed by atoms with Crippen LogP contribution in [0.5, 0.6) is 11.5 Å². The number of nitrogens with zero attached hydrogens (tertiary/aromatic N) is 2. The van der Waals surface area contributed by atoms with E-state index in [1.165, 1.54) is 0 Å². The van der Waals surface area contributed by atoms with Crippen molar-refractivity contribution in [3.8, 4) is 22.9 Å². The summed E-state index contributed by atoms with van der Waals surface area (Å²) in [6, 6.07) is 7.67. The second-order valence-electron chi connectivity index (χ2n) is 4.32. The Balaban J connectivity index is 2.01. The molecule has 0 radical (unpaired) electrons. The molecule has 0 amide bonds. The molecule has 0 saturated carbocycles. The first-order valence-electron chi connectivity index (χ1n) is 6.26. The first-order chi connectivity index (χ1) is 9.26. The van der Waals surface area contributed by atoms with Crippen LogP contribution in [0.15, 0.2) is 24.3 Å². The number of hydrogen-bond acceptors (Lipinski definition) is 5. The average molecular weight is 257 g/mol. The summed E-state index contributed by atoms with van der Waals surface area (Å²) in [4.78, 5) is 8.96. The fourth-order valence-corrected chi connectivity index (χ4v) is 2.00. The van der Waals surface area contributed by atoms with E-state index in [0.717, 1.165) is 35.1 Å². The van der Waals surface area contributed by atoms with Gasteiger partial charge >= 0.3 is 0 Å². The van der Waals surface area contributed by atoms with E-state index < -0.39 is 0 Å². The van der Waals surface area contributed by atoms with Crippen molar-refractivity contribution in [3.05, 3.63) is 30.0 Å². The van der Waals surface area contributed by atoms with Gasteiger partial charge in [0.25, 0.3) is 0 Å². The van der Waals surface area contributed by atoms with E-state index >= 15 is 0 Å². The van der Waals surface area contributed by atoms with Gasteiger partial charge in [-0.05, 0) is 32.0 Å². The molecule has 5 nitrogen and oxygen atoms in total. The largest absolute Gasteiger partial charge is 0.454 e. The molecule has 1 aliphatic heterocycles. The van der Waals surface area contributed by atoms with Crippen molar-refractivity contribution >= 4 is 5.82 Å². The van der Waals surface area contributed by atoms with Crippen molar-refractivity contribution < 1.29 is 9.47 Å². The minimum Gasteiger partial charge on any atom is -0.454 e. The quantitative estimate of drug-likeness (QED) is 0.916. The van der Waals surface area contributed by atoms with Gasteiger partial charge in [-0.25, -0.2) is 9.97 Å². The molecule has 3 rings (SSSR count). The van der Waals surface area contributed by atoms with Crippen molar-refractivity contribution in [1.29, 1.82) is 0 Å². The van der Waals surface area contributed by atoms with Crippen LogP contribution in [0.1, 0.15) is 12.6 Å². The summed E-state index contributed by atoms with van der Waals surface area (Å²) in [5.74, 6) is 3.04. The highest BCUT2D eigenvalue weighted by molar-refractivity contribution is 5.63. The Labute approximate surface area is 111 Å². The van der Waals surface area contributed by atoms with Gasteiger partial charge in [-0.2, -0.15) is 0 Å². The highest BCUT2D eigenvalue weighted by Crippen LogP contribution is 2.35. The van der Waals surface area contributed by atoms with Crippen LogP contribution in [0.4, 0.5) is 5.82 Å². The number of fused-ring (bicyclic) bond motifs is 1. The van der Waals surface area contributed by atoms with Crippen molar-refractivity contribution in [2.75, 3.05) is 18.7 Å². The third-order valence-electron chi connectivity index (χ3n) is 2.84. The van der Waals surface area contributed by atoms with E-state index in [4.69, 9.17) is 9.47 Å². The molecule has 1 aromatic heterocycles. The molecule has 0 atom stereocenters. The topological polar surface area (TPSA) is 56.3 Å². The molecule has 1 N–H and O–H groups in total. The van der Waals surface area contributed by atoms with Gasteiger partial charge in [-0.3, -0.25) is 0 Å². The minimum absolute atomic E-state index is 0.274. The number of rotatable bonds is 3. The van der Waals surface area contributed by atoms with Gasteiger partial charge in [0.1, 0.15) is 5.82 Å². The fourth-order valence-electron chi connectivity index (χ4n) is 2.00. The zero-order valence-corrected chi connectivity index (χ0v) is 10.9. The fraction of sp³-hybridized carbons (Fsp3) is 0.286. The number of hydrogen-bond donors (Lipinski definition) is 1. The summed E-state index contributed by atoms with van der Waals surface area (Å²) in [6.07, 6.45) is 0. The van der Waals surface area contributed by atoms with Crippen molar-refractivity contribution in [2.45, 2.75) is 13.8 Å². The summed E-state index contributed by atoms with van der Waals surface area (Å²) in [6.45, 7) is 5.10. The van der Waals surface area contributed by atoms with Gasteiger partial charge in [0.2, 0.25) is 6.79 Å². The Hall–Kier alpha value is -2.30. The smallest absolute Gasteiger partial charge is 0.231 e. The van der Waals surface area contributed by atoms with Gasteiger partial charge in [0.05, 0.1) is 0 Å². The standard InChI is InChI=1S/C14H15N3O2/c1-3-15-13-6-9(2)16-14(17-13)10-4-5-11-12(7-10)19-8-18-11/h4-7H,3,8H2,1-2H3,(H,15,16,17). The predicted molar refractivity (Wildman–Crippen MR) is 72.5 cm³/mol. The van der Waals surface area contributed by atoms with Crippen molar-refractivity contribution in [1.82, 2.24) is 9.97 Å². The molecule has 19 heavy (non-hydrogen) atoms. The molecule has 2 heterocycles. The third kappa shape index (κ3) is 2.31. The Bertz CT molecular complexity index is 614. The van der Waals surface area contributed by atoms with Gasteiger partial charge in [0, 0.05) is 23.9 Å². The summed E-state index contributed by atoms with van der Waals surface area (Å²) in [7, 11) is 0. The average Bonchev–Trinajstić information content (AvgIpc) is 2.85. The number of aromatic nitrogens is 2. The van der Waals surface area contributed by atoms with Crippen LogP contribution in [0.25, 0.3) is 11.4 Å². The van der Waals surface area contributed by atoms with Crippen LogP contribution >= 0.6 is 0 Å². The number of anilines is 1. The summed E-state index contributed by atoms with van der Waals surface area (Å²) >= 11 is 0. The molecule has 0 saturated heterocycles. The monoisotopic (exact) mass is 257 g/mol. The van der Waals surface area contributed by atoms with Crippen molar-refractivity contribution in [3.63, 3.8) is 0 Å². The lowest BCUT2D eigenvalue weighted by molar-refractivity contribution is 0.174. The summed E-state index contributed by atoms with van der Waals surface area (Å²) < 4.78 is 10.7. The third-order valence-corrected chi connectivity index (χ3v) is 2.84. The van der Waals surface area contributed by atoms with E-state index in [-0.39, 0.29) is 6.79 Å². The Morgan fingerprint density at radius 1 is 1.16 bits per heavy atom. The van der Waals surface area contributed by atoms with E-state index in [1.807, 2.05) is 38.1 Å². The van der Waals surface area contributed by atoms with E-state index in [1.54, 1.807) is 0 Å². The van der Waals surface area contributed by atoms with Crippen LogP contribution in [0.3, 0.4) is 0 Å². The van der Waals surface area contributed by atoms with Gasteiger partial charge in [0.15, 0.2) is 17.3 Å². The molecule has 1 aromatic carbocycles. The lowest BCUT2D eigenvalue weighted by Gasteiger charge is -2.07. The van der Waals surface area contributed by atoms with Crippen LogP contribution in [-0.4, -0.2) is 23.3 Å². The highest BCUT2D eigenvalue weighted by Gasteiger charge is 2.15. The second-order valence-corrected chi connectivity index (χ2v) is 4.32. The molecule has 98 valence electrons. The maximum absolute atomic E-state index is 5.38. The number of ether oxygens (including phenoxy) is 2. The van der Waals surface area contributed by atoms with Crippen molar-refractivity contribution in [2.24, 2.45) is 0 Å². The highest BCUT2D eigenvalue weighted by atomic mass is 16.7. The molecular weight excluding hydrogens is 242 g/mol. The predicted octanol–water partition coefficient (Wildman–Crippen LogP) is 2.61. The summed E-state index contributed by atoms with van der Waals surface area (Å²) in [5, 5.41) is 3.20. The SMILES string of the molecule is CCNc1cc(C)nc(-c2ccc3c(c2)OCO3)n1. The number of benzene rings is 1.